The van der Waals surface area contributed by atoms with Crippen molar-refractivity contribution in [3.05, 3.63) is 0 Å². The lowest BCUT2D eigenvalue weighted by Crippen LogP contribution is -2.30. The average molecular weight is 821 g/mol. The van der Waals surface area contributed by atoms with Crippen molar-refractivity contribution >= 4 is 17.9 Å². The number of hydrogen-bond acceptors (Lipinski definition) is 6. The van der Waals surface area contributed by atoms with Gasteiger partial charge in [-0.15, -0.1) is 0 Å². The normalized spacial score (nSPS) is 11.8. The zero-order valence-electron chi connectivity index (χ0n) is 39.3. The molecule has 0 bridgehead atoms. The first-order valence-corrected chi connectivity index (χ1v) is 26.0. The quantitative estimate of drug-likeness (QED) is 0.0346. The Morgan fingerprint density at radius 1 is 0.276 bits per heavy atom. The van der Waals surface area contributed by atoms with Crippen LogP contribution < -0.4 is 0 Å². The van der Waals surface area contributed by atoms with Crippen LogP contribution in [-0.2, 0) is 28.6 Å². The van der Waals surface area contributed by atoms with Crippen molar-refractivity contribution in [2.45, 2.75) is 303 Å². The molecule has 0 aliphatic carbocycles. The van der Waals surface area contributed by atoms with Crippen molar-refractivity contribution < 1.29 is 28.6 Å². The summed E-state index contributed by atoms with van der Waals surface area (Å²) in [4.78, 5) is 37.9. The Balaban J connectivity index is 4.25. The van der Waals surface area contributed by atoms with E-state index in [1.807, 2.05) is 0 Å². The highest BCUT2D eigenvalue weighted by Gasteiger charge is 2.19. The lowest BCUT2D eigenvalue weighted by Gasteiger charge is -2.18. The molecule has 0 aromatic heterocycles. The number of rotatable bonds is 48. The topological polar surface area (TPSA) is 78.9 Å². The molecule has 0 saturated carbocycles. The first-order chi connectivity index (χ1) is 28.5. The van der Waals surface area contributed by atoms with Crippen LogP contribution in [0, 0.1) is 0 Å². The Kier molecular flexibility index (Phi) is 46.8. The van der Waals surface area contributed by atoms with E-state index >= 15 is 0 Å². The number of hydrogen-bond donors (Lipinski definition) is 0. The number of unbranched alkanes of at least 4 members (excludes halogenated alkanes) is 37. The Labute approximate surface area is 361 Å². The van der Waals surface area contributed by atoms with Crippen molar-refractivity contribution in [1.29, 1.82) is 0 Å². The fourth-order valence-electron chi connectivity index (χ4n) is 7.92. The van der Waals surface area contributed by atoms with Gasteiger partial charge in [0.05, 0.1) is 0 Å². The van der Waals surface area contributed by atoms with E-state index in [9.17, 15) is 14.4 Å². The number of ether oxygens (including phenoxy) is 3. The molecular formula is C52H100O6. The van der Waals surface area contributed by atoms with Gasteiger partial charge in [-0.3, -0.25) is 14.4 Å². The molecule has 6 heteroatoms. The fourth-order valence-corrected chi connectivity index (χ4v) is 7.92. The van der Waals surface area contributed by atoms with E-state index in [1.54, 1.807) is 0 Å². The monoisotopic (exact) mass is 821 g/mol. The van der Waals surface area contributed by atoms with Gasteiger partial charge in [-0.25, -0.2) is 0 Å². The molecule has 0 aromatic carbocycles. The molecular weight excluding hydrogens is 721 g/mol. The van der Waals surface area contributed by atoms with Gasteiger partial charge in [0.2, 0.25) is 0 Å². The van der Waals surface area contributed by atoms with Crippen molar-refractivity contribution in [3.8, 4) is 0 Å². The Bertz CT molecular complexity index is 859. The minimum Gasteiger partial charge on any atom is -0.462 e. The second-order valence-electron chi connectivity index (χ2n) is 17.8. The molecule has 0 spiro atoms. The van der Waals surface area contributed by atoms with Gasteiger partial charge in [0.25, 0.3) is 0 Å². The third-order valence-electron chi connectivity index (χ3n) is 11.9. The van der Waals surface area contributed by atoms with E-state index in [1.165, 1.54) is 199 Å². The van der Waals surface area contributed by atoms with Gasteiger partial charge in [0.15, 0.2) is 6.10 Å². The van der Waals surface area contributed by atoms with Crippen LogP contribution in [0.4, 0.5) is 0 Å². The van der Waals surface area contributed by atoms with Crippen LogP contribution in [0.25, 0.3) is 0 Å². The summed E-state index contributed by atoms with van der Waals surface area (Å²) < 4.78 is 16.8. The van der Waals surface area contributed by atoms with Crippen LogP contribution in [0.1, 0.15) is 297 Å². The maximum absolute atomic E-state index is 12.8. The van der Waals surface area contributed by atoms with Crippen LogP contribution in [0.2, 0.25) is 0 Å². The summed E-state index contributed by atoms with van der Waals surface area (Å²) in [5.41, 5.74) is 0. The summed E-state index contributed by atoms with van der Waals surface area (Å²) in [5, 5.41) is 0. The number of carbonyl (C=O) groups is 3. The lowest BCUT2D eigenvalue weighted by atomic mass is 10.0. The molecule has 0 rings (SSSR count). The second-order valence-corrected chi connectivity index (χ2v) is 17.8. The average Bonchev–Trinajstić information content (AvgIpc) is 3.22. The second kappa shape index (κ2) is 48.1. The largest absolute Gasteiger partial charge is 0.462 e. The van der Waals surface area contributed by atoms with Gasteiger partial charge < -0.3 is 14.2 Å². The summed E-state index contributed by atoms with van der Waals surface area (Å²) >= 11 is 0. The van der Waals surface area contributed by atoms with E-state index < -0.39 is 6.10 Å². The molecule has 0 amide bonds. The highest BCUT2D eigenvalue weighted by atomic mass is 16.6. The zero-order chi connectivity index (χ0) is 42.3. The molecule has 58 heavy (non-hydrogen) atoms. The van der Waals surface area contributed by atoms with Crippen LogP contribution in [0.3, 0.4) is 0 Å². The van der Waals surface area contributed by atoms with E-state index in [0.29, 0.717) is 19.3 Å². The molecule has 0 N–H and O–H groups in total. The Morgan fingerprint density at radius 2 is 0.466 bits per heavy atom. The van der Waals surface area contributed by atoms with Crippen LogP contribution in [0.15, 0.2) is 0 Å². The van der Waals surface area contributed by atoms with Gasteiger partial charge in [0, 0.05) is 19.3 Å². The zero-order valence-corrected chi connectivity index (χ0v) is 39.3. The van der Waals surface area contributed by atoms with Gasteiger partial charge in [-0.1, -0.05) is 258 Å². The summed E-state index contributed by atoms with van der Waals surface area (Å²) in [5.74, 6) is -0.843. The summed E-state index contributed by atoms with van der Waals surface area (Å²) in [7, 11) is 0. The van der Waals surface area contributed by atoms with Gasteiger partial charge in [-0.2, -0.15) is 0 Å². The molecule has 0 aliphatic rings. The molecule has 1 atom stereocenters. The fraction of sp³-hybridized carbons (Fsp3) is 0.942. The van der Waals surface area contributed by atoms with Gasteiger partial charge >= 0.3 is 17.9 Å². The van der Waals surface area contributed by atoms with Crippen LogP contribution >= 0.6 is 0 Å². The number of esters is 3. The van der Waals surface area contributed by atoms with Crippen molar-refractivity contribution in [2.75, 3.05) is 13.2 Å². The van der Waals surface area contributed by atoms with E-state index in [0.717, 1.165) is 57.8 Å². The Hall–Kier alpha value is -1.59. The summed E-state index contributed by atoms with van der Waals surface area (Å²) in [6, 6.07) is 0. The maximum atomic E-state index is 12.8. The molecule has 0 fully saturated rings. The molecule has 0 aromatic rings. The predicted molar refractivity (Wildman–Crippen MR) is 247 cm³/mol. The lowest BCUT2D eigenvalue weighted by molar-refractivity contribution is -0.167. The minimum atomic E-state index is -0.759. The van der Waals surface area contributed by atoms with E-state index in [4.69, 9.17) is 14.2 Å². The predicted octanol–water partition coefficient (Wildman–Crippen LogP) is 16.8. The molecule has 0 aliphatic heterocycles. The van der Waals surface area contributed by atoms with Gasteiger partial charge in [-0.05, 0) is 19.3 Å². The smallest absolute Gasteiger partial charge is 0.306 e. The van der Waals surface area contributed by atoms with E-state index in [-0.39, 0.29) is 31.1 Å². The number of carbonyl (C=O) groups excluding carboxylic acids is 3. The van der Waals surface area contributed by atoms with Crippen molar-refractivity contribution in [2.24, 2.45) is 0 Å². The third kappa shape index (κ3) is 45.5. The first kappa shape index (κ1) is 56.4. The highest BCUT2D eigenvalue weighted by molar-refractivity contribution is 5.71. The molecule has 344 valence electrons. The van der Waals surface area contributed by atoms with Crippen molar-refractivity contribution in [1.82, 2.24) is 0 Å². The SMILES string of the molecule is CCCCCCCCCCCCCCCCCCC(=O)O[C@@H](COC(=O)CCCCCCCCCCC)COC(=O)CCCCCCCCCCCCCCCCC. The molecule has 0 saturated heterocycles. The van der Waals surface area contributed by atoms with Gasteiger partial charge in [0.1, 0.15) is 13.2 Å². The van der Waals surface area contributed by atoms with E-state index in [2.05, 4.69) is 20.8 Å². The Morgan fingerprint density at radius 3 is 0.690 bits per heavy atom. The minimum absolute atomic E-state index is 0.0619. The highest BCUT2D eigenvalue weighted by Crippen LogP contribution is 2.17. The molecule has 0 radical (unpaired) electrons. The molecule has 0 heterocycles. The van der Waals surface area contributed by atoms with Crippen molar-refractivity contribution in [3.63, 3.8) is 0 Å². The molecule has 0 unspecified atom stereocenters. The standard InChI is InChI=1S/C52H100O6/c1-4-7-10-13-16-19-21-23-25-27-29-31-34-37-40-43-46-52(55)58-49(47-56-50(53)44-41-38-35-32-18-15-12-9-6-3)48-57-51(54)45-42-39-36-33-30-28-26-24-22-20-17-14-11-8-5-2/h49H,4-48H2,1-3H3/t49-/m0/s1. The third-order valence-corrected chi connectivity index (χ3v) is 11.9. The maximum Gasteiger partial charge on any atom is 0.306 e. The first-order valence-electron chi connectivity index (χ1n) is 26.0. The summed E-state index contributed by atoms with van der Waals surface area (Å²) in [6.45, 7) is 6.67. The van der Waals surface area contributed by atoms with Crippen LogP contribution in [0.5, 0.6) is 0 Å². The van der Waals surface area contributed by atoms with Crippen LogP contribution in [-0.4, -0.2) is 37.2 Å². The molecule has 6 nitrogen and oxygen atoms in total. The summed E-state index contributed by atoms with van der Waals surface area (Å²) in [6.07, 6.45) is 50.9.